The van der Waals surface area contributed by atoms with Crippen molar-refractivity contribution in [2.45, 2.75) is 26.4 Å². The molecule has 0 aliphatic rings. The third-order valence-corrected chi connectivity index (χ3v) is 2.45. The lowest BCUT2D eigenvalue weighted by Gasteiger charge is -2.14. The second kappa shape index (κ2) is 7.63. The molecule has 0 aromatic heterocycles. The molecule has 0 unspecified atom stereocenters. The number of methoxy groups -OCH3 is 1. The third kappa shape index (κ3) is 4.79. The van der Waals surface area contributed by atoms with E-state index in [0.717, 1.165) is 6.42 Å². The van der Waals surface area contributed by atoms with Gasteiger partial charge in [0.15, 0.2) is 11.5 Å². The van der Waals surface area contributed by atoms with Gasteiger partial charge in [0.25, 0.3) is 5.91 Å². The van der Waals surface area contributed by atoms with Crippen molar-refractivity contribution in [3.8, 4) is 11.5 Å². The van der Waals surface area contributed by atoms with Crippen molar-refractivity contribution in [1.29, 1.82) is 0 Å². The fourth-order valence-electron chi connectivity index (χ4n) is 1.57. The molecule has 0 spiro atoms. The normalized spacial score (nSPS) is 10.4. The highest BCUT2D eigenvalue weighted by Crippen LogP contribution is 2.28. The monoisotopic (exact) mass is 266 g/mol. The molecule has 1 aromatic carbocycles. The number of nitrogens with one attached hydrogen (secondary N) is 1. The Labute approximate surface area is 114 Å². The van der Waals surface area contributed by atoms with Gasteiger partial charge in [-0.25, -0.2) is 0 Å². The van der Waals surface area contributed by atoms with E-state index < -0.39 is 0 Å². The van der Waals surface area contributed by atoms with Gasteiger partial charge in [0.05, 0.1) is 13.2 Å². The topological polar surface area (TPSA) is 73.6 Å². The highest BCUT2D eigenvalue weighted by Gasteiger charge is 2.11. The van der Waals surface area contributed by atoms with Crippen LogP contribution in [0.15, 0.2) is 18.2 Å². The molecular weight excluding hydrogens is 244 g/mol. The SMILES string of the molecule is COc1cc(C(=O)NCCCN)ccc1OC(C)C. The number of carbonyl (C=O) groups is 1. The van der Waals surface area contributed by atoms with Crippen molar-refractivity contribution in [2.75, 3.05) is 20.2 Å². The molecule has 106 valence electrons. The van der Waals surface area contributed by atoms with E-state index in [0.29, 0.717) is 30.2 Å². The molecule has 1 aromatic rings. The Kier molecular flexibility index (Phi) is 6.15. The molecule has 1 rings (SSSR count). The number of nitrogens with two attached hydrogens (primary N) is 1. The van der Waals surface area contributed by atoms with Crippen molar-refractivity contribution in [1.82, 2.24) is 5.32 Å². The number of carbonyl (C=O) groups excluding carboxylic acids is 1. The van der Waals surface area contributed by atoms with E-state index in [1.807, 2.05) is 13.8 Å². The summed E-state index contributed by atoms with van der Waals surface area (Å²) < 4.78 is 10.8. The molecule has 1 amide bonds. The highest BCUT2D eigenvalue weighted by molar-refractivity contribution is 5.94. The molecule has 0 bridgehead atoms. The summed E-state index contributed by atoms with van der Waals surface area (Å²) >= 11 is 0. The molecule has 3 N–H and O–H groups in total. The van der Waals surface area contributed by atoms with Gasteiger partial charge in [0.1, 0.15) is 0 Å². The lowest BCUT2D eigenvalue weighted by molar-refractivity contribution is 0.0953. The van der Waals surface area contributed by atoms with Crippen molar-refractivity contribution in [3.05, 3.63) is 23.8 Å². The van der Waals surface area contributed by atoms with Gasteiger partial charge >= 0.3 is 0 Å². The second-order valence-electron chi connectivity index (χ2n) is 4.43. The van der Waals surface area contributed by atoms with Crippen LogP contribution in [0, 0.1) is 0 Å². The van der Waals surface area contributed by atoms with Gasteiger partial charge in [-0.2, -0.15) is 0 Å². The summed E-state index contributed by atoms with van der Waals surface area (Å²) in [7, 11) is 1.55. The quantitative estimate of drug-likeness (QED) is 0.735. The molecule has 0 aliphatic carbocycles. The second-order valence-corrected chi connectivity index (χ2v) is 4.43. The summed E-state index contributed by atoms with van der Waals surface area (Å²) in [6.45, 7) is 5.01. The van der Waals surface area contributed by atoms with Crippen LogP contribution in [0.1, 0.15) is 30.6 Å². The number of amides is 1. The fourth-order valence-corrected chi connectivity index (χ4v) is 1.57. The number of ether oxygens (including phenoxy) is 2. The van der Waals surface area contributed by atoms with Gasteiger partial charge in [0.2, 0.25) is 0 Å². The number of benzene rings is 1. The smallest absolute Gasteiger partial charge is 0.251 e. The van der Waals surface area contributed by atoms with E-state index in [-0.39, 0.29) is 12.0 Å². The molecule has 0 radical (unpaired) electrons. The van der Waals surface area contributed by atoms with E-state index in [9.17, 15) is 4.79 Å². The van der Waals surface area contributed by atoms with Crippen LogP contribution < -0.4 is 20.5 Å². The minimum Gasteiger partial charge on any atom is -0.493 e. The first kappa shape index (κ1) is 15.3. The first-order valence-electron chi connectivity index (χ1n) is 6.41. The van der Waals surface area contributed by atoms with Crippen LogP contribution in [0.25, 0.3) is 0 Å². The Morgan fingerprint density at radius 1 is 1.37 bits per heavy atom. The van der Waals surface area contributed by atoms with Crippen molar-refractivity contribution in [3.63, 3.8) is 0 Å². The average molecular weight is 266 g/mol. The molecule has 0 aliphatic heterocycles. The lowest BCUT2D eigenvalue weighted by Crippen LogP contribution is -2.26. The van der Waals surface area contributed by atoms with E-state index in [1.165, 1.54) is 0 Å². The summed E-state index contributed by atoms with van der Waals surface area (Å²) in [5.74, 6) is 1.05. The summed E-state index contributed by atoms with van der Waals surface area (Å²) in [6.07, 6.45) is 0.815. The molecule has 0 heterocycles. The number of rotatable bonds is 7. The van der Waals surface area contributed by atoms with Gasteiger partial charge in [0, 0.05) is 12.1 Å². The Balaban J connectivity index is 2.78. The molecule has 0 saturated heterocycles. The lowest BCUT2D eigenvalue weighted by atomic mass is 10.2. The largest absolute Gasteiger partial charge is 0.493 e. The number of hydrogen-bond donors (Lipinski definition) is 2. The maximum absolute atomic E-state index is 11.9. The van der Waals surface area contributed by atoms with Crippen LogP contribution in [0.5, 0.6) is 11.5 Å². The molecule has 0 atom stereocenters. The first-order valence-corrected chi connectivity index (χ1v) is 6.41. The first-order chi connectivity index (χ1) is 9.08. The van der Waals surface area contributed by atoms with Crippen LogP contribution in [-0.4, -0.2) is 32.2 Å². The third-order valence-electron chi connectivity index (χ3n) is 2.45. The Morgan fingerprint density at radius 2 is 2.11 bits per heavy atom. The van der Waals surface area contributed by atoms with Crippen LogP contribution in [0.3, 0.4) is 0 Å². The van der Waals surface area contributed by atoms with Gasteiger partial charge < -0.3 is 20.5 Å². The number of hydrogen-bond acceptors (Lipinski definition) is 4. The molecular formula is C14H22N2O3. The highest BCUT2D eigenvalue weighted by atomic mass is 16.5. The van der Waals surface area contributed by atoms with Gasteiger partial charge in [-0.1, -0.05) is 0 Å². The van der Waals surface area contributed by atoms with Crippen LogP contribution in [-0.2, 0) is 0 Å². The molecule has 0 fully saturated rings. The van der Waals surface area contributed by atoms with E-state index in [4.69, 9.17) is 15.2 Å². The molecule has 5 heteroatoms. The minimum atomic E-state index is -0.136. The van der Waals surface area contributed by atoms with Crippen molar-refractivity contribution < 1.29 is 14.3 Å². The Bertz CT molecular complexity index is 419. The zero-order valence-electron chi connectivity index (χ0n) is 11.7. The van der Waals surface area contributed by atoms with Crippen molar-refractivity contribution in [2.24, 2.45) is 5.73 Å². The van der Waals surface area contributed by atoms with Crippen LogP contribution in [0.4, 0.5) is 0 Å². The Hall–Kier alpha value is -1.75. The molecule has 5 nitrogen and oxygen atoms in total. The predicted molar refractivity (Wildman–Crippen MR) is 74.8 cm³/mol. The molecule has 19 heavy (non-hydrogen) atoms. The summed E-state index contributed by atoms with van der Waals surface area (Å²) in [5.41, 5.74) is 5.92. The Morgan fingerprint density at radius 3 is 2.68 bits per heavy atom. The van der Waals surface area contributed by atoms with E-state index in [2.05, 4.69) is 5.32 Å². The van der Waals surface area contributed by atoms with Gasteiger partial charge in [-0.05, 0) is 45.0 Å². The van der Waals surface area contributed by atoms with Crippen LogP contribution in [0.2, 0.25) is 0 Å². The molecule has 0 saturated carbocycles. The summed E-state index contributed by atoms with van der Waals surface area (Å²) in [4.78, 5) is 11.9. The van der Waals surface area contributed by atoms with Gasteiger partial charge in [-0.3, -0.25) is 4.79 Å². The standard InChI is InChI=1S/C14H22N2O3/c1-10(2)19-12-6-5-11(9-13(12)18-3)14(17)16-8-4-7-15/h5-6,9-10H,4,7-8,15H2,1-3H3,(H,16,17). The van der Waals surface area contributed by atoms with E-state index >= 15 is 0 Å². The van der Waals surface area contributed by atoms with Crippen LogP contribution >= 0.6 is 0 Å². The fraction of sp³-hybridized carbons (Fsp3) is 0.500. The maximum Gasteiger partial charge on any atom is 0.251 e. The summed E-state index contributed by atoms with van der Waals surface area (Å²) in [6, 6.07) is 5.14. The van der Waals surface area contributed by atoms with E-state index in [1.54, 1.807) is 25.3 Å². The average Bonchev–Trinajstić information content (AvgIpc) is 2.38. The van der Waals surface area contributed by atoms with Crippen molar-refractivity contribution >= 4 is 5.91 Å². The minimum absolute atomic E-state index is 0.0538. The maximum atomic E-state index is 11.9. The van der Waals surface area contributed by atoms with Gasteiger partial charge in [-0.15, -0.1) is 0 Å². The zero-order valence-corrected chi connectivity index (χ0v) is 11.7. The zero-order chi connectivity index (χ0) is 14.3. The predicted octanol–water partition coefficient (Wildman–Crippen LogP) is 1.56. The summed E-state index contributed by atoms with van der Waals surface area (Å²) in [5, 5.41) is 2.80.